The van der Waals surface area contributed by atoms with E-state index < -0.39 is 11.7 Å². The van der Waals surface area contributed by atoms with Crippen molar-refractivity contribution < 1.29 is 13.2 Å². The van der Waals surface area contributed by atoms with E-state index in [9.17, 15) is 13.2 Å². The van der Waals surface area contributed by atoms with Crippen LogP contribution in [0.25, 0.3) is 0 Å². The Morgan fingerprint density at radius 1 is 1.21 bits per heavy atom. The van der Waals surface area contributed by atoms with E-state index in [2.05, 4.69) is 21.2 Å². The molecule has 19 heavy (non-hydrogen) atoms. The molecule has 0 atom stereocenters. The Bertz CT molecular complexity index is 581. The van der Waals surface area contributed by atoms with E-state index in [0.717, 1.165) is 14.7 Å². The highest BCUT2D eigenvalue weighted by Crippen LogP contribution is 2.36. The lowest BCUT2D eigenvalue weighted by Gasteiger charge is -2.14. The molecule has 102 valence electrons. The van der Waals surface area contributed by atoms with Gasteiger partial charge in [0.1, 0.15) is 0 Å². The number of alkyl halides is 3. The average molecular weight is 351 g/mol. The molecule has 1 heterocycles. The topological polar surface area (TPSA) is 38.0 Å². The molecule has 0 saturated heterocycles. The van der Waals surface area contributed by atoms with Gasteiger partial charge in [0.05, 0.1) is 9.35 Å². The Labute approximate surface area is 120 Å². The van der Waals surface area contributed by atoms with E-state index in [4.69, 9.17) is 5.73 Å². The highest BCUT2D eigenvalue weighted by atomic mass is 79.9. The summed E-state index contributed by atoms with van der Waals surface area (Å²) in [5.74, 6) is 0. The Balaban J connectivity index is 2.20. The predicted octanol–water partition coefficient (Wildman–Crippen LogP) is 4.72. The Hall–Kier alpha value is -1.21. The van der Waals surface area contributed by atoms with Crippen molar-refractivity contribution in [1.82, 2.24) is 0 Å². The van der Waals surface area contributed by atoms with E-state index in [1.807, 2.05) is 12.1 Å². The first-order chi connectivity index (χ1) is 8.86. The van der Waals surface area contributed by atoms with Crippen molar-refractivity contribution in [2.45, 2.75) is 12.7 Å². The van der Waals surface area contributed by atoms with E-state index in [0.29, 0.717) is 6.54 Å². The summed E-state index contributed by atoms with van der Waals surface area (Å²) in [6, 6.07) is 7.44. The average Bonchev–Trinajstić information content (AvgIpc) is 2.72. The molecule has 0 aliphatic rings. The van der Waals surface area contributed by atoms with Gasteiger partial charge in [-0.25, -0.2) is 0 Å². The number of rotatable bonds is 3. The fourth-order valence-corrected chi connectivity index (χ4v) is 3.00. The number of halogens is 4. The van der Waals surface area contributed by atoms with Gasteiger partial charge in [0.2, 0.25) is 0 Å². The summed E-state index contributed by atoms with van der Waals surface area (Å²) >= 11 is 4.78. The first-order valence-electron chi connectivity index (χ1n) is 5.31. The Morgan fingerprint density at radius 3 is 2.53 bits per heavy atom. The minimum atomic E-state index is -4.42. The lowest BCUT2D eigenvalue weighted by molar-refractivity contribution is -0.136. The van der Waals surface area contributed by atoms with Gasteiger partial charge in [0.15, 0.2) is 0 Å². The van der Waals surface area contributed by atoms with Gasteiger partial charge in [0.25, 0.3) is 0 Å². The molecule has 0 amide bonds. The van der Waals surface area contributed by atoms with Crippen LogP contribution in [0.3, 0.4) is 0 Å². The standard InChI is InChI=1S/C12H10BrF3N2S/c13-11-4-2-8(19-11)6-18-10-3-1-7(17)5-9(10)12(14,15)16/h1-5,18H,6,17H2. The molecule has 2 aromatic rings. The van der Waals surface area contributed by atoms with E-state index in [1.165, 1.54) is 23.5 Å². The van der Waals surface area contributed by atoms with Crippen LogP contribution in [0.4, 0.5) is 24.5 Å². The van der Waals surface area contributed by atoms with Crippen LogP contribution in [0.15, 0.2) is 34.1 Å². The number of hydrogen-bond acceptors (Lipinski definition) is 3. The first kappa shape index (κ1) is 14.2. The Kier molecular flexibility index (Phi) is 4.05. The fourth-order valence-electron chi connectivity index (χ4n) is 1.58. The second-order valence-electron chi connectivity index (χ2n) is 3.86. The quantitative estimate of drug-likeness (QED) is 0.785. The smallest absolute Gasteiger partial charge is 0.399 e. The zero-order chi connectivity index (χ0) is 14.0. The molecule has 7 heteroatoms. The van der Waals surface area contributed by atoms with Crippen LogP contribution < -0.4 is 11.1 Å². The third-order valence-electron chi connectivity index (χ3n) is 2.43. The van der Waals surface area contributed by atoms with Crippen LogP contribution in [0.5, 0.6) is 0 Å². The summed E-state index contributed by atoms with van der Waals surface area (Å²) in [6.45, 7) is 0.337. The number of nitrogens with one attached hydrogen (secondary N) is 1. The molecule has 0 spiro atoms. The molecule has 0 aliphatic heterocycles. The molecule has 0 radical (unpaired) electrons. The number of nitrogens with two attached hydrogens (primary N) is 1. The molecule has 0 bridgehead atoms. The van der Waals surface area contributed by atoms with Crippen LogP contribution in [0.1, 0.15) is 10.4 Å². The third kappa shape index (κ3) is 3.63. The van der Waals surface area contributed by atoms with Crippen LogP contribution in [-0.4, -0.2) is 0 Å². The minimum absolute atomic E-state index is 0.0335. The van der Waals surface area contributed by atoms with Gasteiger partial charge in [-0.1, -0.05) is 0 Å². The molecular weight excluding hydrogens is 341 g/mol. The molecule has 0 fully saturated rings. The lowest BCUT2D eigenvalue weighted by atomic mass is 10.1. The van der Waals surface area contributed by atoms with E-state index in [1.54, 1.807) is 0 Å². The number of nitrogen functional groups attached to an aromatic ring is 1. The van der Waals surface area contributed by atoms with Crippen molar-refractivity contribution in [2.75, 3.05) is 11.1 Å². The molecule has 0 unspecified atom stereocenters. The van der Waals surface area contributed by atoms with Crippen molar-refractivity contribution >= 4 is 38.6 Å². The van der Waals surface area contributed by atoms with Crippen LogP contribution >= 0.6 is 27.3 Å². The van der Waals surface area contributed by atoms with Crippen molar-refractivity contribution in [2.24, 2.45) is 0 Å². The highest BCUT2D eigenvalue weighted by Gasteiger charge is 2.33. The van der Waals surface area contributed by atoms with Gasteiger partial charge >= 0.3 is 6.18 Å². The minimum Gasteiger partial charge on any atom is -0.399 e. The summed E-state index contributed by atoms with van der Waals surface area (Å²) in [5, 5.41) is 2.79. The van der Waals surface area contributed by atoms with Crippen molar-refractivity contribution in [3.05, 3.63) is 44.6 Å². The lowest BCUT2D eigenvalue weighted by Crippen LogP contribution is -2.11. The van der Waals surface area contributed by atoms with Gasteiger partial charge in [-0.15, -0.1) is 11.3 Å². The van der Waals surface area contributed by atoms with Crippen LogP contribution in [0.2, 0.25) is 0 Å². The molecule has 1 aromatic carbocycles. The highest BCUT2D eigenvalue weighted by molar-refractivity contribution is 9.11. The second-order valence-corrected chi connectivity index (χ2v) is 6.41. The van der Waals surface area contributed by atoms with E-state index in [-0.39, 0.29) is 11.4 Å². The maximum atomic E-state index is 12.9. The largest absolute Gasteiger partial charge is 0.418 e. The van der Waals surface area contributed by atoms with Crippen LogP contribution in [-0.2, 0) is 12.7 Å². The molecule has 0 saturated carbocycles. The number of hydrogen-bond donors (Lipinski definition) is 2. The summed E-state index contributed by atoms with van der Waals surface area (Å²) in [4.78, 5) is 0.942. The first-order valence-corrected chi connectivity index (χ1v) is 6.92. The predicted molar refractivity (Wildman–Crippen MR) is 75.2 cm³/mol. The van der Waals surface area contributed by atoms with Crippen molar-refractivity contribution in [3.8, 4) is 0 Å². The van der Waals surface area contributed by atoms with Crippen molar-refractivity contribution in [3.63, 3.8) is 0 Å². The molecule has 2 rings (SSSR count). The molecule has 2 nitrogen and oxygen atoms in total. The number of thiophene rings is 1. The van der Waals surface area contributed by atoms with Gasteiger partial charge < -0.3 is 11.1 Å². The molecular formula is C12H10BrF3N2S. The summed E-state index contributed by atoms with van der Waals surface area (Å²) in [6.07, 6.45) is -4.42. The number of benzene rings is 1. The number of anilines is 2. The SMILES string of the molecule is Nc1ccc(NCc2ccc(Br)s2)c(C(F)(F)F)c1. The van der Waals surface area contributed by atoms with Crippen LogP contribution in [0, 0.1) is 0 Å². The summed E-state index contributed by atoms with van der Waals surface area (Å²) in [7, 11) is 0. The van der Waals surface area contributed by atoms with Crippen molar-refractivity contribution in [1.29, 1.82) is 0 Å². The summed E-state index contributed by atoms with van der Waals surface area (Å²) in [5.41, 5.74) is 4.78. The second kappa shape index (κ2) is 5.42. The maximum Gasteiger partial charge on any atom is 0.418 e. The van der Waals surface area contributed by atoms with Gasteiger partial charge in [0, 0.05) is 22.8 Å². The monoisotopic (exact) mass is 350 g/mol. The van der Waals surface area contributed by atoms with Gasteiger partial charge in [-0.3, -0.25) is 0 Å². The summed E-state index contributed by atoms with van der Waals surface area (Å²) < 4.78 is 39.5. The van der Waals surface area contributed by atoms with E-state index >= 15 is 0 Å². The Morgan fingerprint density at radius 2 is 1.95 bits per heavy atom. The van der Waals surface area contributed by atoms with Gasteiger partial charge in [-0.2, -0.15) is 13.2 Å². The normalized spacial score (nSPS) is 11.6. The zero-order valence-electron chi connectivity index (χ0n) is 9.59. The zero-order valence-corrected chi connectivity index (χ0v) is 12.0. The molecule has 0 aliphatic carbocycles. The molecule has 1 aromatic heterocycles. The van der Waals surface area contributed by atoms with Gasteiger partial charge in [-0.05, 0) is 46.3 Å². The maximum absolute atomic E-state index is 12.9. The fraction of sp³-hybridized carbons (Fsp3) is 0.167. The molecule has 3 N–H and O–H groups in total. The third-order valence-corrected chi connectivity index (χ3v) is 4.05.